The number of nitrogen functional groups attached to an aromatic ring is 1. The van der Waals surface area contributed by atoms with Crippen molar-refractivity contribution in [3.8, 4) is 0 Å². The smallest absolute Gasteiger partial charge is 0.253 e. The molecule has 0 aromatic carbocycles. The van der Waals surface area contributed by atoms with Gasteiger partial charge in [-0.15, -0.1) is 11.3 Å². The third-order valence-electron chi connectivity index (χ3n) is 3.78. The Kier molecular flexibility index (Phi) is 4.84. The average molecular weight is 311 g/mol. The number of Topliss-reactive ketones (excluding diaryl/α,β-unsaturated/α-hetero) is 1. The fourth-order valence-corrected chi connectivity index (χ4v) is 3.70. The van der Waals surface area contributed by atoms with Crippen molar-refractivity contribution in [2.24, 2.45) is 11.7 Å². The van der Waals surface area contributed by atoms with E-state index in [2.05, 4.69) is 12.2 Å². The number of ether oxygens (including phenoxy) is 1. The van der Waals surface area contributed by atoms with E-state index in [9.17, 15) is 9.59 Å². The third kappa shape index (κ3) is 3.19. The minimum atomic E-state index is -0.617. The maximum Gasteiger partial charge on any atom is 0.253 e. The summed E-state index contributed by atoms with van der Waals surface area (Å²) in [6, 6.07) is 0. The van der Waals surface area contributed by atoms with Crippen LogP contribution in [0.25, 0.3) is 0 Å². The van der Waals surface area contributed by atoms with E-state index in [0.717, 1.165) is 19.4 Å². The lowest BCUT2D eigenvalue weighted by molar-refractivity contribution is 0.0900. The number of amides is 1. The van der Waals surface area contributed by atoms with Gasteiger partial charge in [0, 0.05) is 26.0 Å². The molecular formula is C14H21N3O3S. The summed E-state index contributed by atoms with van der Waals surface area (Å²) in [4.78, 5) is 23.5. The van der Waals surface area contributed by atoms with Crippen molar-refractivity contribution in [2.45, 2.75) is 32.8 Å². The zero-order valence-electron chi connectivity index (χ0n) is 12.3. The van der Waals surface area contributed by atoms with Crippen LogP contribution >= 0.6 is 11.3 Å². The van der Waals surface area contributed by atoms with Gasteiger partial charge >= 0.3 is 0 Å². The van der Waals surface area contributed by atoms with E-state index in [-0.39, 0.29) is 23.1 Å². The minimum Gasteiger partial charge on any atom is -0.397 e. The third-order valence-corrected chi connectivity index (χ3v) is 5.05. The van der Waals surface area contributed by atoms with Crippen molar-refractivity contribution in [1.29, 1.82) is 0 Å². The highest BCUT2D eigenvalue weighted by Crippen LogP contribution is 2.36. The lowest BCUT2D eigenvalue weighted by Crippen LogP contribution is -2.23. The van der Waals surface area contributed by atoms with E-state index in [4.69, 9.17) is 16.2 Å². The number of rotatable bonds is 6. The van der Waals surface area contributed by atoms with Gasteiger partial charge in [-0.05, 0) is 12.8 Å². The minimum absolute atomic E-state index is 0.163. The first kappa shape index (κ1) is 15.8. The highest BCUT2D eigenvalue weighted by atomic mass is 32.1. The number of ketones is 1. The molecule has 2 unspecified atom stereocenters. The number of carbonyl (C=O) groups excluding carboxylic acids is 2. The largest absolute Gasteiger partial charge is 0.397 e. The van der Waals surface area contributed by atoms with Crippen LogP contribution in [0, 0.1) is 5.92 Å². The zero-order valence-corrected chi connectivity index (χ0v) is 13.1. The molecule has 1 aromatic heterocycles. The molecule has 1 fully saturated rings. The second-order valence-corrected chi connectivity index (χ2v) is 6.24. The molecule has 2 rings (SSSR count). The molecule has 2 atom stereocenters. The Morgan fingerprint density at radius 2 is 2.19 bits per heavy atom. The van der Waals surface area contributed by atoms with Gasteiger partial charge in [-0.25, -0.2) is 0 Å². The monoisotopic (exact) mass is 311 g/mol. The molecule has 1 saturated heterocycles. The van der Waals surface area contributed by atoms with Gasteiger partial charge in [-0.1, -0.05) is 6.92 Å². The first-order chi connectivity index (χ1) is 9.95. The molecule has 7 heteroatoms. The van der Waals surface area contributed by atoms with E-state index in [1.54, 1.807) is 0 Å². The summed E-state index contributed by atoms with van der Waals surface area (Å²) in [7, 11) is 0. The lowest BCUT2D eigenvalue weighted by atomic mass is 10.00. The molecular weight excluding hydrogens is 290 g/mol. The quantitative estimate of drug-likeness (QED) is 0.695. The van der Waals surface area contributed by atoms with Gasteiger partial charge in [-0.3, -0.25) is 9.59 Å². The summed E-state index contributed by atoms with van der Waals surface area (Å²) in [6.07, 6.45) is 2.18. The Hall–Kier alpha value is -1.60. The Labute approximate surface area is 127 Å². The Balaban J connectivity index is 2.17. The van der Waals surface area contributed by atoms with Crippen molar-refractivity contribution in [3.05, 3.63) is 10.4 Å². The number of primary amides is 1. The van der Waals surface area contributed by atoms with E-state index >= 15 is 0 Å². The molecule has 1 amide bonds. The van der Waals surface area contributed by atoms with Gasteiger partial charge in [0.2, 0.25) is 0 Å². The Bertz CT molecular complexity index is 556. The number of nitrogens with two attached hydrogens (primary N) is 2. The molecule has 5 N–H and O–H groups in total. The SMILES string of the molecule is CCC1OCCC1CNc1sc(C(C)=O)c(N)c1C(N)=O. The first-order valence-electron chi connectivity index (χ1n) is 7.04. The summed E-state index contributed by atoms with van der Waals surface area (Å²) < 4.78 is 5.64. The molecule has 21 heavy (non-hydrogen) atoms. The van der Waals surface area contributed by atoms with Crippen LogP contribution in [0.15, 0.2) is 0 Å². The molecule has 0 saturated carbocycles. The number of hydrogen-bond donors (Lipinski definition) is 3. The normalized spacial score (nSPS) is 21.4. The molecule has 1 aliphatic rings. The van der Waals surface area contributed by atoms with E-state index in [1.807, 2.05) is 0 Å². The van der Waals surface area contributed by atoms with Crippen molar-refractivity contribution >= 4 is 33.7 Å². The summed E-state index contributed by atoms with van der Waals surface area (Å²) in [5.41, 5.74) is 11.6. The van der Waals surface area contributed by atoms with Crippen LogP contribution in [0.5, 0.6) is 0 Å². The molecule has 0 spiro atoms. The van der Waals surface area contributed by atoms with Gasteiger partial charge in [0.05, 0.1) is 22.2 Å². The van der Waals surface area contributed by atoms with Crippen molar-refractivity contribution < 1.29 is 14.3 Å². The van der Waals surface area contributed by atoms with Crippen LogP contribution in [-0.2, 0) is 4.74 Å². The van der Waals surface area contributed by atoms with Crippen LogP contribution in [0.2, 0.25) is 0 Å². The van der Waals surface area contributed by atoms with Gasteiger partial charge in [0.25, 0.3) is 5.91 Å². The van der Waals surface area contributed by atoms with Crippen LogP contribution in [-0.4, -0.2) is 30.9 Å². The summed E-state index contributed by atoms with van der Waals surface area (Å²) >= 11 is 1.19. The molecule has 2 heterocycles. The van der Waals surface area contributed by atoms with E-state index in [0.29, 0.717) is 22.3 Å². The topological polar surface area (TPSA) is 107 Å². The number of thiophene rings is 1. The Morgan fingerprint density at radius 1 is 1.48 bits per heavy atom. The average Bonchev–Trinajstić information content (AvgIpc) is 2.99. The molecule has 6 nitrogen and oxygen atoms in total. The number of nitrogens with one attached hydrogen (secondary N) is 1. The highest BCUT2D eigenvalue weighted by Gasteiger charge is 2.28. The maximum atomic E-state index is 11.6. The number of hydrogen-bond acceptors (Lipinski definition) is 6. The van der Waals surface area contributed by atoms with Crippen molar-refractivity contribution in [1.82, 2.24) is 0 Å². The number of carbonyl (C=O) groups is 2. The second-order valence-electron chi connectivity index (χ2n) is 5.22. The molecule has 0 aliphatic carbocycles. The predicted octanol–water partition coefficient (Wildman–Crippen LogP) is 1.86. The van der Waals surface area contributed by atoms with Crippen LogP contribution in [0.1, 0.15) is 46.7 Å². The van der Waals surface area contributed by atoms with E-state index < -0.39 is 5.91 Å². The van der Waals surface area contributed by atoms with Gasteiger partial charge in [0.15, 0.2) is 5.78 Å². The van der Waals surface area contributed by atoms with Gasteiger partial charge < -0.3 is 21.5 Å². The van der Waals surface area contributed by atoms with Crippen LogP contribution < -0.4 is 16.8 Å². The zero-order chi connectivity index (χ0) is 15.6. The summed E-state index contributed by atoms with van der Waals surface area (Å²) in [6.45, 7) is 4.96. The van der Waals surface area contributed by atoms with Crippen molar-refractivity contribution in [2.75, 3.05) is 24.2 Å². The maximum absolute atomic E-state index is 11.6. The second kappa shape index (κ2) is 6.44. The van der Waals surface area contributed by atoms with Crippen LogP contribution in [0.3, 0.4) is 0 Å². The fraction of sp³-hybridized carbons (Fsp3) is 0.571. The molecule has 1 aromatic rings. The van der Waals surface area contributed by atoms with Gasteiger partial charge in [0.1, 0.15) is 5.00 Å². The standard InChI is InChI=1S/C14H21N3O3S/c1-3-9-8(4-5-20-9)6-17-14-10(13(16)19)11(15)12(21-14)7(2)18/h8-9,17H,3-6,15H2,1-2H3,(H2,16,19). The van der Waals surface area contributed by atoms with Gasteiger partial charge in [-0.2, -0.15) is 0 Å². The van der Waals surface area contributed by atoms with Crippen LogP contribution in [0.4, 0.5) is 10.7 Å². The number of anilines is 2. The molecule has 0 radical (unpaired) electrons. The first-order valence-corrected chi connectivity index (χ1v) is 7.85. The molecule has 116 valence electrons. The molecule has 0 bridgehead atoms. The lowest BCUT2D eigenvalue weighted by Gasteiger charge is -2.17. The summed E-state index contributed by atoms with van der Waals surface area (Å²) in [5.74, 6) is -0.392. The van der Waals surface area contributed by atoms with E-state index in [1.165, 1.54) is 18.3 Å². The predicted molar refractivity (Wildman–Crippen MR) is 83.9 cm³/mol. The molecule has 1 aliphatic heterocycles. The van der Waals surface area contributed by atoms with Crippen molar-refractivity contribution in [3.63, 3.8) is 0 Å². The summed E-state index contributed by atoms with van der Waals surface area (Å²) in [5, 5.41) is 3.80. The fourth-order valence-electron chi connectivity index (χ4n) is 2.68. The highest BCUT2D eigenvalue weighted by molar-refractivity contribution is 7.19. The Morgan fingerprint density at radius 3 is 2.76 bits per heavy atom.